The minimum absolute atomic E-state index is 0.101. The Morgan fingerprint density at radius 2 is 1.90 bits per heavy atom. The molecule has 6 nitrogen and oxygen atoms in total. The predicted octanol–water partition coefficient (Wildman–Crippen LogP) is 1.83. The molecule has 0 bridgehead atoms. The summed E-state index contributed by atoms with van der Waals surface area (Å²) < 4.78 is 35.6. The van der Waals surface area contributed by atoms with Crippen molar-refractivity contribution in [2.75, 3.05) is 5.75 Å². The lowest BCUT2D eigenvalue weighted by molar-refractivity contribution is 0.134. The van der Waals surface area contributed by atoms with Crippen molar-refractivity contribution in [3.8, 4) is 0 Å². The highest BCUT2D eigenvalue weighted by Crippen LogP contribution is 2.06. The molecule has 1 aromatic rings. The molecule has 0 aliphatic rings. The Morgan fingerprint density at radius 3 is 2.40 bits per heavy atom. The molecule has 20 heavy (non-hydrogen) atoms. The number of ether oxygens (including phenoxy) is 1. The van der Waals surface area contributed by atoms with E-state index < -0.39 is 28.0 Å². The van der Waals surface area contributed by atoms with Crippen molar-refractivity contribution < 1.29 is 22.5 Å². The average molecular weight is 301 g/mol. The second kappa shape index (κ2) is 7.25. The molecule has 0 saturated carbocycles. The summed E-state index contributed by atoms with van der Waals surface area (Å²) in [5.41, 5.74) is 0.832. The van der Waals surface area contributed by atoms with Gasteiger partial charge in [0.05, 0.1) is 11.8 Å². The Hall–Kier alpha value is -1.60. The molecule has 1 amide bonds. The van der Waals surface area contributed by atoms with E-state index in [-0.39, 0.29) is 12.5 Å². The highest BCUT2D eigenvalue weighted by molar-refractivity contribution is 7.85. The molecule has 0 aromatic heterocycles. The fraction of sp³-hybridized carbons (Fsp3) is 0.462. The minimum Gasteiger partial charge on any atom is -0.445 e. The van der Waals surface area contributed by atoms with Gasteiger partial charge >= 0.3 is 6.09 Å². The molecule has 1 aromatic carbocycles. The van der Waals surface area contributed by atoms with Gasteiger partial charge in [0.25, 0.3) is 10.1 Å². The number of amides is 1. The van der Waals surface area contributed by atoms with E-state index in [4.69, 9.17) is 9.29 Å². The predicted molar refractivity (Wildman–Crippen MR) is 74.8 cm³/mol. The highest BCUT2D eigenvalue weighted by atomic mass is 32.2. The van der Waals surface area contributed by atoms with E-state index in [2.05, 4.69) is 5.32 Å². The smallest absolute Gasteiger partial charge is 0.407 e. The van der Waals surface area contributed by atoms with Crippen LogP contribution in [-0.2, 0) is 21.5 Å². The Labute approximate surface area is 118 Å². The van der Waals surface area contributed by atoms with Crippen molar-refractivity contribution in [1.29, 1.82) is 0 Å². The number of benzene rings is 1. The third kappa shape index (κ3) is 6.53. The van der Waals surface area contributed by atoms with Crippen molar-refractivity contribution in [3.05, 3.63) is 35.9 Å². The summed E-state index contributed by atoms with van der Waals surface area (Å²) >= 11 is 0. The van der Waals surface area contributed by atoms with Crippen molar-refractivity contribution in [2.45, 2.75) is 26.5 Å². The van der Waals surface area contributed by atoms with Gasteiger partial charge in [0.15, 0.2) is 0 Å². The van der Waals surface area contributed by atoms with Crippen LogP contribution in [0.25, 0.3) is 0 Å². The Balaban J connectivity index is 2.50. The third-order valence-corrected chi connectivity index (χ3v) is 3.49. The van der Waals surface area contributed by atoms with Crippen LogP contribution >= 0.6 is 0 Å². The summed E-state index contributed by atoms with van der Waals surface area (Å²) in [7, 11) is -4.15. The largest absolute Gasteiger partial charge is 0.445 e. The van der Waals surface area contributed by atoms with Gasteiger partial charge in [-0.25, -0.2) is 4.79 Å². The number of alkyl carbamates (subject to hydrolysis) is 1. The van der Waals surface area contributed by atoms with Gasteiger partial charge in [0.1, 0.15) is 6.61 Å². The van der Waals surface area contributed by atoms with Crippen molar-refractivity contribution in [2.24, 2.45) is 5.92 Å². The van der Waals surface area contributed by atoms with E-state index in [1.54, 1.807) is 13.8 Å². The van der Waals surface area contributed by atoms with Gasteiger partial charge in [-0.2, -0.15) is 8.42 Å². The molecule has 0 spiro atoms. The molecule has 0 aliphatic carbocycles. The molecule has 2 N–H and O–H groups in total. The first-order valence-electron chi connectivity index (χ1n) is 6.20. The Kier molecular flexibility index (Phi) is 5.97. The van der Waals surface area contributed by atoms with Crippen molar-refractivity contribution in [1.82, 2.24) is 5.32 Å². The second-order valence-corrected chi connectivity index (χ2v) is 6.30. The lowest BCUT2D eigenvalue weighted by Gasteiger charge is -2.20. The van der Waals surface area contributed by atoms with Gasteiger partial charge in [0, 0.05) is 0 Å². The number of nitrogens with one attached hydrogen (secondary N) is 1. The Morgan fingerprint density at radius 1 is 1.30 bits per heavy atom. The van der Waals surface area contributed by atoms with Gasteiger partial charge in [0.2, 0.25) is 0 Å². The highest BCUT2D eigenvalue weighted by Gasteiger charge is 2.22. The number of carbonyl (C=O) groups is 1. The topological polar surface area (TPSA) is 92.7 Å². The number of hydrogen-bond acceptors (Lipinski definition) is 4. The fourth-order valence-corrected chi connectivity index (χ4v) is 2.47. The lowest BCUT2D eigenvalue weighted by Crippen LogP contribution is -2.43. The quantitative estimate of drug-likeness (QED) is 0.782. The zero-order chi connectivity index (χ0) is 15.2. The van der Waals surface area contributed by atoms with Crippen LogP contribution < -0.4 is 5.32 Å². The van der Waals surface area contributed by atoms with Crippen molar-refractivity contribution in [3.63, 3.8) is 0 Å². The summed E-state index contributed by atoms with van der Waals surface area (Å²) in [6, 6.07) is 8.42. The molecule has 0 saturated heterocycles. The fourth-order valence-electron chi connectivity index (χ4n) is 1.54. The monoisotopic (exact) mass is 301 g/mol. The van der Waals surface area contributed by atoms with Crippen LogP contribution in [0.4, 0.5) is 4.79 Å². The summed E-state index contributed by atoms with van der Waals surface area (Å²) in [4.78, 5) is 11.6. The zero-order valence-corrected chi connectivity index (χ0v) is 12.3. The molecule has 1 atom stereocenters. The van der Waals surface area contributed by atoms with E-state index in [9.17, 15) is 13.2 Å². The maximum Gasteiger partial charge on any atom is 0.407 e. The van der Waals surface area contributed by atoms with E-state index >= 15 is 0 Å². The van der Waals surface area contributed by atoms with Crippen LogP contribution in [-0.4, -0.2) is 30.9 Å². The van der Waals surface area contributed by atoms with E-state index in [0.29, 0.717) is 0 Å². The summed E-state index contributed by atoms with van der Waals surface area (Å²) in [6.45, 7) is 3.59. The van der Waals surface area contributed by atoms with Crippen LogP contribution in [0.15, 0.2) is 30.3 Å². The SMILES string of the molecule is CC(C)[C@@H](CS(=O)(=O)O)NC(=O)OCc1ccccc1. The molecule has 0 heterocycles. The third-order valence-electron chi connectivity index (χ3n) is 2.71. The Bertz CT molecular complexity index is 527. The van der Waals surface area contributed by atoms with Gasteiger partial charge in [-0.05, 0) is 11.5 Å². The van der Waals surface area contributed by atoms with Gasteiger partial charge in [-0.15, -0.1) is 0 Å². The van der Waals surface area contributed by atoms with Crippen LogP contribution in [0.1, 0.15) is 19.4 Å². The molecule has 0 aliphatic heterocycles. The molecule has 0 fully saturated rings. The molecule has 7 heteroatoms. The first-order valence-corrected chi connectivity index (χ1v) is 7.81. The van der Waals surface area contributed by atoms with E-state index in [0.717, 1.165) is 5.56 Å². The summed E-state index contributed by atoms with van der Waals surface area (Å²) in [6.07, 6.45) is -0.712. The van der Waals surface area contributed by atoms with Crippen LogP contribution in [0.5, 0.6) is 0 Å². The van der Waals surface area contributed by atoms with Crippen LogP contribution in [0.3, 0.4) is 0 Å². The van der Waals surface area contributed by atoms with Crippen molar-refractivity contribution >= 4 is 16.2 Å². The molecule has 0 unspecified atom stereocenters. The average Bonchev–Trinajstić information content (AvgIpc) is 2.35. The summed E-state index contributed by atoms with van der Waals surface area (Å²) in [5.74, 6) is -0.688. The first kappa shape index (κ1) is 16.5. The van der Waals surface area contributed by atoms with E-state index in [1.807, 2.05) is 30.3 Å². The number of carbonyl (C=O) groups excluding carboxylic acids is 1. The molecular weight excluding hydrogens is 282 g/mol. The first-order chi connectivity index (χ1) is 9.28. The maximum atomic E-state index is 11.6. The molecule has 112 valence electrons. The normalized spacial score (nSPS) is 13.0. The zero-order valence-electron chi connectivity index (χ0n) is 11.4. The van der Waals surface area contributed by atoms with E-state index in [1.165, 1.54) is 0 Å². The second-order valence-electron chi connectivity index (χ2n) is 4.81. The van der Waals surface area contributed by atoms with Gasteiger partial charge in [-0.3, -0.25) is 4.55 Å². The number of hydrogen-bond donors (Lipinski definition) is 2. The van der Waals surface area contributed by atoms with Crippen LogP contribution in [0, 0.1) is 5.92 Å². The molecule has 1 rings (SSSR count). The minimum atomic E-state index is -4.15. The van der Waals surface area contributed by atoms with Gasteiger partial charge < -0.3 is 10.1 Å². The molecule has 0 radical (unpaired) electrons. The standard InChI is InChI=1S/C13H19NO5S/c1-10(2)12(9-20(16,17)18)14-13(15)19-8-11-6-4-3-5-7-11/h3-7,10,12H,8-9H2,1-2H3,(H,14,15)(H,16,17,18)/t12-/m1/s1. The maximum absolute atomic E-state index is 11.6. The summed E-state index contributed by atoms with van der Waals surface area (Å²) in [5, 5.41) is 2.44. The van der Waals surface area contributed by atoms with Gasteiger partial charge in [-0.1, -0.05) is 44.2 Å². The van der Waals surface area contributed by atoms with Crippen LogP contribution in [0.2, 0.25) is 0 Å². The lowest BCUT2D eigenvalue weighted by atomic mass is 10.1. The molecular formula is C13H19NO5S. The number of rotatable bonds is 6.